The smallest absolute Gasteiger partial charge is 0.261 e. The Balaban J connectivity index is 1.74. The first-order valence-corrected chi connectivity index (χ1v) is 9.70. The SMILES string of the molecule is Cc1cccc2c(=O)n(CCC(=O)N(C)C(C)c3ccc(Cl)cc3Cl)cnc12. The second kappa shape index (κ2) is 8.33. The molecule has 0 saturated carbocycles. The molecule has 0 bridgehead atoms. The van der Waals surface area contributed by atoms with Gasteiger partial charge in [-0.1, -0.05) is 41.4 Å². The Bertz CT molecular complexity index is 1090. The first-order valence-electron chi connectivity index (χ1n) is 8.95. The predicted molar refractivity (Wildman–Crippen MR) is 113 cm³/mol. The molecule has 0 aliphatic carbocycles. The molecule has 3 rings (SSSR count). The zero-order valence-corrected chi connectivity index (χ0v) is 17.5. The fraction of sp³-hybridized carbons (Fsp3) is 0.286. The summed E-state index contributed by atoms with van der Waals surface area (Å²) in [5.74, 6) is -0.0882. The highest BCUT2D eigenvalue weighted by Crippen LogP contribution is 2.29. The van der Waals surface area contributed by atoms with Crippen LogP contribution in [0.25, 0.3) is 10.9 Å². The molecule has 1 heterocycles. The molecule has 146 valence electrons. The Labute approximate surface area is 173 Å². The molecule has 2 aromatic carbocycles. The highest BCUT2D eigenvalue weighted by molar-refractivity contribution is 6.35. The molecule has 28 heavy (non-hydrogen) atoms. The van der Waals surface area contributed by atoms with Crippen LogP contribution >= 0.6 is 23.2 Å². The lowest BCUT2D eigenvalue weighted by molar-refractivity contribution is -0.132. The third-order valence-electron chi connectivity index (χ3n) is 5.01. The van der Waals surface area contributed by atoms with Crippen molar-refractivity contribution >= 4 is 40.0 Å². The van der Waals surface area contributed by atoms with Crippen LogP contribution in [-0.4, -0.2) is 27.4 Å². The van der Waals surface area contributed by atoms with Crippen molar-refractivity contribution < 1.29 is 4.79 Å². The van der Waals surface area contributed by atoms with E-state index in [1.165, 1.54) is 10.9 Å². The first-order chi connectivity index (χ1) is 13.3. The van der Waals surface area contributed by atoms with E-state index in [0.717, 1.165) is 11.1 Å². The Kier molecular flexibility index (Phi) is 6.06. The molecule has 1 aromatic heterocycles. The van der Waals surface area contributed by atoms with Crippen molar-refractivity contribution in [1.29, 1.82) is 0 Å². The molecule has 1 amide bonds. The van der Waals surface area contributed by atoms with Crippen molar-refractivity contribution in [2.24, 2.45) is 0 Å². The van der Waals surface area contributed by atoms with Gasteiger partial charge in [-0.25, -0.2) is 4.98 Å². The van der Waals surface area contributed by atoms with E-state index in [1.54, 1.807) is 30.1 Å². The number of carbonyl (C=O) groups is 1. The Morgan fingerprint density at radius 1 is 1.25 bits per heavy atom. The molecule has 0 radical (unpaired) electrons. The maximum Gasteiger partial charge on any atom is 0.261 e. The minimum atomic E-state index is -0.216. The van der Waals surface area contributed by atoms with Crippen LogP contribution < -0.4 is 5.56 Å². The molecule has 5 nitrogen and oxygen atoms in total. The summed E-state index contributed by atoms with van der Waals surface area (Å²) >= 11 is 12.2. The first kappa shape index (κ1) is 20.4. The van der Waals surface area contributed by atoms with Gasteiger partial charge in [-0.15, -0.1) is 0 Å². The molecule has 7 heteroatoms. The number of aryl methyl sites for hydroxylation is 2. The van der Waals surface area contributed by atoms with E-state index in [4.69, 9.17) is 23.2 Å². The predicted octanol–water partition coefficient (Wildman–Crippen LogP) is 4.62. The molecular formula is C21H21Cl2N3O2. The van der Waals surface area contributed by atoms with Gasteiger partial charge in [0.1, 0.15) is 0 Å². The molecule has 0 aliphatic rings. The summed E-state index contributed by atoms with van der Waals surface area (Å²) in [6, 6.07) is 10.5. The number of aromatic nitrogens is 2. The van der Waals surface area contributed by atoms with Gasteiger partial charge in [-0.3, -0.25) is 14.2 Å². The van der Waals surface area contributed by atoms with Gasteiger partial charge in [0.2, 0.25) is 5.91 Å². The molecular weight excluding hydrogens is 397 g/mol. The summed E-state index contributed by atoms with van der Waals surface area (Å²) < 4.78 is 1.48. The molecule has 0 aliphatic heterocycles. The van der Waals surface area contributed by atoms with Crippen molar-refractivity contribution in [3.05, 3.63) is 74.3 Å². The van der Waals surface area contributed by atoms with Crippen LogP contribution in [0.1, 0.15) is 30.5 Å². The molecule has 1 atom stereocenters. The van der Waals surface area contributed by atoms with Crippen molar-refractivity contribution in [3.63, 3.8) is 0 Å². The monoisotopic (exact) mass is 417 g/mol. The third kappa shape index (κ3) is 4.05. The fourth-order valence-electron chi connectivity index (χ4n) is 3.15. The van der Waals surface area contributed by atoms with Crippen LogP contribution in [0.2, 0.25) is 10.0 Å². The van der Waals surface area contributed by atoms with Crippen LogP contribution in [0.5, 0.6) is 0 Å². The molecule has 0 fully saturated rings. The summed E-state index contributed by atoms with van der Waals surface area (Å²) in [5.41, 5.74) is 2.32. The van der Waals surface area contributed by atoms with Crippen LogP contribution in [0.3, 0.4) is 0 Å². The number of carbonyl (C=O) groups excluding carboxylic acids is 1. The number of rotatable bonds is 5. The van der Waals surface area contributed by atoms with Gasteiger partial charge in [-0.2, -0.15) is 0 Å². The highest BCUT2D eigenvalue weighted by atomic mass is 35.5. The van der Waals surface area contributed by atoms with E-state index in [0.29, 0.717) is 20.9 Å². The van der Waals surface area contributed by atoms with Gasteiger partial charge in [0.25, 0.3) is 5.56 Å². The maximum absolute atomic E-state index is 12.7. The third-order valence-corrected chi connectivity index (χ3v) is 5.57. The quantitative estimate of drug-likeness (QED) is 0.608. The van der Waals surface area contributed by atoms with Gasteiger partial charge in [0.15, 0.2) is 0 Å². The Morgan fingerprint density at radius 2 is 2.00 bits per heavy atom. The van der Waals surface area contributed by atoms with Crippen molar-refractivity contribution in [2.45, 2.75) is 32.9 Å². The number of para-hydroxylation sites is 1. The van der Waals surface area contributed by atoms with Crippen molar-refractivity contribution in [3.8, 4) is 0 Å². The van der Waals surface area contributed by atoms with Gasteiger partial charge >= 0.3 is 0 Å². The average molecular weight is 418 g/mol. The molecule has 0 N–H and O–H groups in total. The van der Waals surface area contributed by atoms with E-state index in [2.05, 4.69) is 4.98 Å². The molecule has 0 saturated heterocycles. The largest absolute Gasteiger partial charge is 0.339 e. The van der Waals surface area contributed by atoms with E-state index in [-0.39, 0.29) is 30.5 Å². The van der Waals surface area contributed by atoms with Gasteiger partial charge in [-0.05, 0) is 43.2 Å². The topological polar surface area (TPSA) is 55.2 Å². The van der Waals surface area contributed by atoms with Crippen LogP contribution in [0.15, 0.2) is 47.5 Å². The minimum Gasteiger partial charge on any atom is -0.339 e. The Hall–Kier alpha value is -2.37. The standard InChI is InChI=1S/C21H21Cl2N3O2/c1-13-5-4-6-17-20(13)24-12-26(21(17)28)10-9-19(27)25(3)14(2)16-8-7-15(22)11-18(16)23/h4-8,11-12,14H,9-10H2,1-3H3. The summed E-state index contributed by atoms with van der Waals surface area (Å²) in [6.07, 6.45) is 1.69. The normalized spacial score (nSPS) is 12.2. The number of hydrogen-bond acceptors (Lipinski definition) is 3. The summed E-state index contributed by atoms with van der Waals surface area (Å²) in [4.78, 5) is 31.3. The van der Waals surface area contributed by atoms with Gasteiger partial charge in [0, 0.05) is 30.1 Å². The maximum atomic E-state index is 12.7. The number of fused-ring (bicyclic) bond motifs is 1. The van der Waals surface area contributed by atoms with Crippen LogP contribution in [0, 0.1) is 6.92 Å². The molecule has 3 aromatic rings. The van der Waals surface area contributed by atoms with Crippen LogP contribution in [0.4, 0.5) is 0 Å². The second-order valence-electron chi connectivity index (χ2n) is 6.81. The molecule has 0 spiro atoms. The lowest BCUT2D eigenvalue weighted by Gasteiger charge is -2.26. The van der Waals surface area contributed by atoms with E-state index in [1.807, 2.05) is 32.0 Å². The van der Waals surface area contributed by atoms with E-state index < -0.39 is 0 Å². The number of amides is 1. The van der Waals surface area contributed by atoms with E-state index >= 15 is 0 Å². The van der Waals surface area contributed by atoms with Gasteiger partial charge < -0.3 is 4.90 Å². The second-order valence-corrected chi connectivity index (χ2v) is 7.65. The summed E-state index contributed by atoms with van der Waals surface area (Å²) in [6.45, 7) is 4.08. The summed E-state index contributed by atoms with van der Waals surface area (Å²) in [7, 11) is 1.72. The van der Waals surface area contributed by atoms with Gasteiger partial charge in [0.05, 0.1) is 23.3 Å². The zero-order valence-electron chi connectivity index (χ0n) is 15.9. The average Bonchev–Trinajstić information content (AvgIpc) is 2.66. The molecule has 1 unspecified atom stereocenters. The van der Waals surface area contributed by atoms with Crippen LogP contribution in [-0.2, 0) is 11.3 Å². The fourth-order valence-corrected chi connectivity index (χ4v) is 3.72. The van der Waals surface area contributed by atoms with Crippen molar-refractivity contribution in [1.82, 2.24) is 14.5 Å². The lowest BCUT2D eigenvalue weighted by Crippen LogP contribution is -2.31. The number of nitrogens with zero attached hydrogens (tertiary/aromatic N) is 3. The zero-order chi connectivity index (χ0) is 20.4. The minimum absolute atomic E-state index is 0.0882. The summed E-state index contributed by atoms with van der Waals surface area (Å²) in [5, 5.41) is 1.63. The number of hydrogen-bond donors (Lipinski definition) is 0. The number of halogens is 2. The Morgan fingerprint density at radius 3 is 2.71 bits per heavy atom. The number of benzene rings is 2. The lowest BCUT2D eigenvalue weighted by atomic mass is 10.1. The van der Waals surface area contributed by atoms with E-state index in [9.17, 15) is 9.59 Å². The van der Waals surface area contributed by atoms with Crippen molar-refractivity contribution in [2.75, 3.05) is 7.05 Å². The highest BCUT2D eigenvalue weighted by Gasteiger charge is 2.20.